The number of hydrogen-bond donors (Lipinski definition) is 2. The summed E-state index contributed by atoms with van der Waals surface area (Å²) in [4.78, 5) is 11.0. The molecule has 0 fully saturated rings. The molecule has 0 spiro atoms. The summed E-state index contributed by atoms with van der Waals surface area (Å²) < 4.78 is 9.98. The van der Waals surface area contributed by atoms with Crippen molar-refractivity contribution in [3.63, 3.8) is 0 Å². The van der Waals surface area contributed by atoms with E-state index in [1.807, 2.05) is 0 Å². The summed E-state index contributed by atoms with van der Waals surface area (Å²) in [6, 6.07) is 6.18. The van der Waals surface area contributed by atoms with Gasteiger partial charge in [0.05, 0.1) is 5.69 Å². The minimum Gasteiger partial charge on any atom is -0.484 e. The average Bonchev–Trinajstić information content (AvgIpc) is 2.80. The molecule has 88 valence electrons. The Morgan fingerprint density at radius 3 is 2.94 bits per heavy atom. The summed E-state index contributed by atoms with van der Waals surface area (Å²) in [5, 5.41) is 12.6. The van der Waals surface area contributed by atoms with Crippen LogP contribution in [0.3, 0.4) is 0 Å². The van der Waals surface area contributed by atoms with Crippen molar-refractivity contribution in [2.45, 2.75) is 6.61 Å². The van der Waals surface area contributed by atoms with Gasteiger partial charge in [0.15, 0.2) is 5.75 Å². The quantitative estimate of drug-likeness (QED) is 0.778. The molecule has 17 heavy (non-hydrogen) atoms. The maximum absolute atomic E-state index is 11.0. The van der Waals surface area contributed by atoms with Crippen molar-refractivity contribution in [3.8, 4) is 5.75 Å². The molecule has 0 radical (unpaired) electrons. The van der Waals surface area contributed by atoms with Crippen molar-refractivity contribution >= 4 is 11.7 Å². The number of nitrogens with two attached hydrogens (primary N) is 1. The third-order valence-corrected chi connectivity index (χ3v) is 2.13. The van der Waals surface area contributed by atoms with Crippen LogP contribution in [-0.4, -0.2) is 16.2 Å². The lowest BCUT2D eigenvalue weighted by atomic mass is 10.2. The van der Waals surface area contributed by atoms with Crippen molar-refractivity contribution in [1.82, 2.24) is 5.16 Å². The summed E-state index contributed by atoms with van der Waals surface area (Å²) in [6.07, 6.45) is 1.41. The van der Waals surface area contributed by atoms with Gasteiger partial charge in [0.25, 0.3) is 0 Å². The van der Waals surface area contributed by atoms with Crippen LogP contribution in [0.2, 0.25) is 0 Å². The molecule has 0 bridgehead atoms. The molecule has 0 saturated heterocycles. The lowest BCUT2D eigenvalue weighted by Gasteiger charge is -2.09. The SMILES string of the molecule is Nc1cccc(C(=O)O)c1OCc1ccon1. The average molecular weight is 234 g/mol. The third-order valence-electron chi connectivity index (χ3n) is 2.13. The van der Waals surface area contributed by atoms with Crippen LogP contribution in [-0.2, 0) is 6.61 Å². The first kappa shape index (κ1) is 11.0. The van der Waals surface area contributed by atoms with Crippen LogP contribution in [0.4, 0.5) is 5.69 Å². The number of anilines is 1. The number of benzene rings is 1. The summed E-state index contributed by atoms with van der Waals surface area (Å²) >= 11 is 0. The second-order valence-electron chi connectivity index (χ2n) is 3.31. The fourth-order valence-electron chi connectivity index (χ4n) is 1.34. The van der Waals surface area contributed by atoms with Gasteiger partial charge in [-0.05, 0) is 12.1 Å². The van der Waals surface area contributed by atoms with Crippen LogP contribution in [0, 0.1) is 0 Å². The predicted octanol–water partition coefficient (Wildman–Crippen LogP) is 1.53. The monoisotopic (exact) mass is 234 g/mol. The van der Waals surface area contributed by atoms with E-state index < -0.39 is 5.97 Å². The molecule has 0 unspecified atom stereocenters. The Kier molecular flexibility index (Phi) is 2.95. The van der Waals surface area contributed by atoms with Crippen molar-refractivity contribution in [2.75, 3.05) is 5.73 Å². The maximum atomic E-state index is 11.0. The minimum absolute atomic E-state index is 0.0218. The number of nitrogens with zero attached hydrogens (tertiary/aromatic N) is 1. The second kappa shape index (κ2) is 4.56. The molecule has 0 aliphatic rings. The van der Waals surface area contributed by atoms with Gasteiger partial charge in [0.1, 0.15) is 24.1 Å². The molecule has 6 nitrogen and oxygen atoms in total. The van der Waals surface area contributed by atoms with Crippen LogP contribution in [0.25, 0.3) is 0 Å². The third kappa shape index (κ3) is 2.36. The standard InChI is InChI=1S/C11H10N2O4/c12-9-3-1-2-8(11(14)15)10(9)16-6-7-4-5-17-13-7/h1-5H,6,12H2,(H,14,15). The Labute approximate surface area is 96.6 Å². The molecular weight excluding hydrogens is 224 g/mol. The zero-order chi connectivity index (χ0) is 12.3. The van der Waals surface area contributed by atoms with Crippen LogP contribution in [0.15, 0.2) is 35.1 Å². The van der Waals surface area contributed by atoms with E-state index in [1.165, 1.54) is 12.3 Å². The highest BCUT2D eigenvalue weighted by Crippen LogP contribution is 2.27. The van der Waals surface area contributed by atoms with Gasteiger partial charge in [0, 0.05) is 6.07 Å². The number of carboxylic acids is 1. The fourth-order valence-corrected chi connectivity index (χ4v) is 1.34. The predicted molar refractivity (Wildman–Crippen MR) is 58.6 cm³/mol. The zero-order valence-corrected chi connectivity index (χ0v) is 8.79. The van der Waals surface area contributed by atoms with Crippen LogP contribution in [0.1, 0.15) is 16.1 Å². The molecular formula is C11H10N2O4. The van der Waals surface area contributed by atoms with Crippen LogP contribution < -0.4 is 10.5 Å². The Morgan fingerprint density at radius 2 is 2.29 bits per heavy atom. The molecule has 1 aromatic heterocycles. The number of aromatic nitrogens is 1. The highest BCUT2D eigenvalue weighted by Gasteiger charge is 2.14. The lowest BCUT2D eigenvalue weighted by molar-refractivity contribution is 0.0692. The fraction of sp³-hybridized carbons (Fsp3) is 0.0909. The molecule has 1 heterocycles. The van der Waals surface area contributed by atoms with E-state index in [9.17, 15) is 4.79 Å². The number of aromatic carboxylic acids is 1. The summed E-state index contributed by atoms with van der Waals surface area (Å²) in [7, 11) is 0. The zero-order valence-electron chi connectivity index (χ0n) is 8.79. The highest BCUT2D eigenvalue weighted by atomic mass is 16.5. The molecule has 0 amide bonds. The number of para-hydroxylation sites is 1. The minimum atomic E-state index is -1.09. The normalized spacial score (nSPS) is 10.1. The number of nitrogen functional groups attached to an aromatic ring is 1. The van der Waals surface area contributed by atoms with Gasteiger partial charge in [-0.3, -0.25) is 0 Å². The van der Waals surface area contributed by atoms with Gasteiger partial charge in [-0.1, -0.05) is 11.2 Å². The van der Waals surface area contributed by atoms with Gasteiger partial charge in [-0.2, -0.15) is 0 Å². The molecule has 6 heteroatoms. The first-order valence-corrected chi connectivity index (χ1v) is 4.82. The largest absolute Gasteiger partial charge is 0.484 e. The van der Waals surface area contributed by atoms with Gasteiger partial charge >= 0.3 is 5.97 Å². The number of carbonyl (C=O) groups is 1. The van der Waals surface area contributed by atoms with Gasteiger partial charge in [0.2, 0.25) is 0 Å². The van der Waals surface area contributed by atoms with E-state index >= 15 is 0 Å². The summed E-state index contributed by atoms with van der Waals surface area (Å²) in [6.45, 7) is 0.102. The molecule has 0 atom stereocenters. The van der Waals surface area contributed by atoms with E-state index in [0.717, 1.165) is 0 Å². The van der Waals surface area contributed by atoms with Crippen molar-refractivity contribution in [2.24, 2.45) is 0 Å². The summed E-state index contributed by atoms with van der Waals surface area (Å²) in [5.41, 5.74) is 6.52. The van der Waals surface area contributed by atoms with Gasteiger partial charge in [-0.15, -0.1) is 0 Å². The maximum Gasteiger partial charge on any atom is 0.339 e. The van der Waals surface area contributed by atoms with E-state index in [1.54, 1.807) is 18.2 Å². The molecule has 1 aromatic carbocycles. The molecule has 2 aromatic rings. The van der Waals surface area contributed by atoms with E-state index in [-0.39, 0.29) is 23.6 Å². The van der Waals surface area contributed by atoms with Crippen LogP contribution in [0.5, 0.6) is 5.75 Å². The Hall–Kier alpha value is -2.50. The number of hydrogen-bond acceptors (Lipinski definition) is 5. The molecule has 0 saturated carbocycles. The van der Waals surface area contributed by atoms with E-state index in [0.29, 0.717) is 5.69 Å². The van der Waals surface area contributed by atoms with Crippen molar-refractivity contribution < 1.29 is 19.2 Å². The van der Waals surface area contributed by atoms with Crippen molar-refractivity contribution in [1.29, 1.82) is 0 Å². The lowest BCUT2D eigenvalue weighted by Crippen LogP contribution is -2.06. The number of rotatable bonds is 4. The Balaban J connectivity index is 2.22. The Morgan fingerprint density at radius 1 is 1.47 bits per heavy atom. The summed E-state index contributed by atoms with van der Waals surface area (Å²) in [5.74, 6) is -0.949. The van der Waals surface area contributed by atoms with Gasteiger partial charge in [-0.25, -0.2) is 4.79 Å². The molecule has 0 aliphatic carbocycles. The van der Waals surface area contributed by atoms with Crippen LogP contribution >= 0.6 is 0 Å². The number of ether oxygens (including phenoxy) is 1. The second-order valence-corrected chi connectivity index (χ2v) is 3.31. The highest BCUT2D eigenvalue weighted by molar-refractivity contribution is 5.93. The topological polar surface area (TPSA) is 98.6 Å². The molecule has 2 rings (SSSR count). The molecule has 0 aliphatic heterocycles. The number of carboxylic acid groups (broad SMARTS) is 1. The molecule has 3 N–H and O–H groups in total. The Bertz CT molecular complexity index is 522. The van der Waals surface area contributed by atoms with E-state index in [2.05, 4.69) is 9.68 Å². The van der Waals surface area contributed by atoms with Crippen molar-refractivity contribution in [3.05, 3.63) is 41.8 Å². The first-order chi connectivity index (χ1) is 8.18. The van der Waals surface area contributed by atoms with Gasteiger partial charge < -0.3 is 20.1 Å². The first-order valence-electron chi connectivity index (χ1n) is 4.82. The van der Waals surface area contributed by atoms with E-state index in [4.69, 9.17) is 15.6 Å². The smallest absolute Gasteiger partial charge is 0.339 e.